The van der Waals surface area contributed by atoms with E-state index in [9.17, 15) is 4.79 Å². The first kappa shape index (κ1) is 16.2. The number of nitrogens with one attached hydrogen (secondary N) is 1. The van der Waals surface area contributed by atoms with Gasteiger partial charge in [0, 0.05) is 18.8 Å². The molecular formula is C13H19Cl2N3O. The molecule has 0 spiro atoms. The summed E-state index contributed by atoms with van der Waals surface area (Å²) in [5.41, 5.74) is 0.353. The minimum Gasteiger partial charge on any atom is -0.348 e. The molecule has 0 aromatic carbocycles. The molecule has 1 rings (SSSR count). The van der Waals surface area contributed by atoms with Crippen LogP contribution in [0.4, 0.5) is 0 Å². The van der Waals surface area contributed by atoms with Gasteiger partial charge in [0.1, 0.15) is 5.15 Å². The van der Waals surface area contributed by atoms with Gasteiger partial charge in [-0.15, -0.1) is 0 Å². The van der Waals surface area contributed by atoms with Crippen molar-refractivity contribution in [2.75, 3.05) is 20.6 Å². The van der Waals surface area contributed by atoms with Gasteiger partial charge in [-0.05, 0) is 26.1 Å². The highest BCUT2D eigenvalue weighted by atomic mass is 35.5. The van der Waals surface area contributed by atoms with Gasteiger partial charge in [0.2, 0.25) is 0 Å². The molecule has 4 nitrogen and oxygen atoms in total. The largest absolute Gasteiger partial charge is 0.348 e. The quantitative estimate of drug-likeness (QED) is 0.851. The number of carbonyl (C=O) groups is 1. The minimum absolute atomic E-state index is 0.0468. The van der Waals surface area contributed by atoms with Crippen molar-refractivity contribution in [3.8, 4) is 0 Å². The van der Waals surface area contributed by atoms with Crippen molar-refractivity contribution >= 4 is 29.1 Å². The zero-order valence-corrected chi connectivity index (χ0v) is 13.1. The van der Waals surface area contributed by atoms with E-state index in [0.717, 1.165) is 6.54 Å². The van der Waals surface area contributed by atoms with Gasteiger partial charge in [-0.3, -0.25) is 4.79 Å². The highest BCUT2D eigenvalue weighted by Gasteiger charge is 2.19. The molecule has 0 radical (unpaired) electrons. The number of halogens is 2. The zero-order valence-electron chi connectivity index (χ0n) is 11.6. The van der Waals surface area contributed by atoms with Crippen LogP contribution in [-0.2, 0) is 0 Å². The van der Waals surface area contributed by atoms with E-state index in [-0.39, 0.29) is 17.1 Å². The number of carbonyl (C=O) groups excluding carboxylic acids is 1. The molecule has 106 valence electrons. The summed E-state index contributed by atoms with van der Waals surface area (Å²) in [5, 5.41) is 3.53. The lowest BCUT2D eigenvalue weighted by Crippen LogP contribution is -2.45. The van der Waals surface area contributed by atoms with E-state index in [1.807, 2.05) is 19.0 Å². The van der Waals surface area contributed by atoms with Crippen molar-refractivity contribution in [1.29, 1.82) is 0 Å². The van der Waals surface area contributed by atoms with Crippen LogP contribution in [0.3, 0.4) is 0 Å². The van der Waals surface area contributed by atoms with Gasteiger partial charge in [0.25, 0.3) is 5.91 Å². The predicted molar refractivity (Wildman–Crippen MR) is 78.9 cm³/mol. The summed E-state index contributed by atoms with van der Waals surface area (Å²) in [5.74, 6) is 0.0947. The SMILES string of the molecule is CC(C)C(CN(C)C)NC(=O)c1cc(Cl)ncc1Cl. The van der Waals surface area contributed by atoms with Gasteiger partial charge in [0.15, 0.2) is 0 Å². The molecule has 19 heavy (non-hydrogen) atoms. The summed E-state index contributed by atoms with van der Waals surface area (Å²) >= 11 is 11.8. The maximum atomic E-state index is 12.2. The maximum Gasteiger partial charge on any atom is 0.253 e. The van der Waals surface area contributed by atoms with E-state index in [1.165, 1.54) is 12.3 Å². The number of aromatic nitrogens is 1. The Hall–Kier alpha value is -0.840. The normalized spacial score (nSPS) is 12.8. The third-order valence-electron chi connectivity index (χ3n) is 2.75. The highest BCUT2D eigenvalue weighted by molar-refractivity contribution is 6.35. The average Bonchev–Trinajstić information content (AvgIpc) is 2.30. The Balaban J connectivity index is 2.84. The summed E-state index contributed by atoms with van der Waals surface area (Å²) in [6.07, 6.45) is 1.38. The fraction of sp³-hybridized carbons (Fsp3) is 0.538. The van der Waals surface area contributed by atoms with E-state index in [2.05, 4.69) is 24.1 Å². The summed E-state index contributed by atoms with van der Waals surface area (Å²) in [6, 6.07) is 1.53. The Morgan fingerprint density at radius 2 is 2.05 bits per heavy atom. The molecule has 0 saturated heterocycles. The number of nitrogens with zero attached hydrogens (tertiary/aromatic N) is 2. The number of likely N-dealkylation sites (N-methyl/N-ethyl adjacent to an activating group) is 1. The van der Waals surface area contributed by atoms with Crippen LogP contribution in [0.15, 0.2) is 12.3 Å². The first-order chi connectivity index (χ1) is 8.81. The maximum absolute atomic E-state index is 12.2. The van der Waals surface area contributed by atoms with E-state index in [1.54, 1.807) is 0 Å². The Labute approximate surface area is 124 Å². The molecule has 1 atom stereocenters. The lowest BCUT2D eigenvalue weighted by molar-refractivity contribution is 0.0916. The van der Waals surface area contributed by atoms with Crippen LogP contribution in [0.5, 0.6) is 0 Å². The Morgan fingerprint density at radius 1 is 1.42 bits per heavy atom. The highest BCUT2D eigenvalue weighted by Crippen LogP contribution is 2.18. The van der Waals surface area contributed by atoms with Crippen LogP contribution in [0.25, 0.3) is 0 Å². The van der Waals surface area contributed by atoms with Crippen molar-refractivity contribution in [1.82, 2.24) is 15.2 Å². The molecule has 1 aromatic rings. The Bertz CT molecular complexity index is 450. The fourth-order valence-corrected chi connectivity index (χ4v) is 2.00. The molecule has 1 amide bonds. The van der Waals surface area contributed by atoms with Crippen molar-refractivity contribution in [2.45, 2.75) is 19.9 Å². The zero-order chi connectivity index (χ0) is 14.6. The third-order valence-corrected chi connectivity index (χ3v) is 3.26. The van der Waals surface area contributed by atoms with E-state index in [4.69, 9.17) is 23.2 Å². The number of pyridine rings is 1. The van der Waals surface area contributed by atoms with E-state index >= 15 is 0 Å². The first-order valence-corrected chi connectivity index (χ1v) is 6.83. The minimum atomic E-state index is -0.227. The van der Waals surface area contributed by atoms with Crippen LogP contribution >= 0.6 is 23.2 Å². The van der Waals surface area contributed by atoms with Gasteiger partial charge in [-0.1, -0.05) is 37.0 Å². The van der Waals surface area contributed by atoms with Gasteiger partial charge < -0.3 is 10.2 Å². The van der Waals surface area contributed by atoms with Crippen LogP contribution in [0, 0.1) is 5.92 Å². The Kier molecular flexibility index (Phi) is 6.04. The second-order valence-corrected chi connectivity index (χ2v) is 5.87. The van der Waals surface area contributed by atoms with Crippen LogP contribution < -0.4 is 5.32 Å². The third kappa shape index (κ3) is 4.97. The van der Waals surface area contributed by atoms with Crippen molar-refractivity contribution in [3.05, 3.63) is 28.0 Å². The van der Waals surface area contributed by atoms with Crippen molar-refractivity contribution in [3.63, 3.8) is 0 Å². The molecule has 1 unspecified atom stereocenters. The summed E-state index contributed by atoms with van der Waals surface area (Å²) in [7, 11) is 3.94. The standard InChI is InChI=1S/C13H19Cl2N3O/c1-8(2)11(7-18(3)4)17-13(19)9-5-12(15)16-6-10(9)14/h5-6,8,11H,7H2,1-4H3,(H,17,19). The number of hydrogen-bond acceptors (Lipinski definition) is 3. The Morgan fingerprint density at radius 3 is 2.58 bits per heavy atom. The lowest BCUT2D eigenvalue weighted by atomic mass is 10.0. The molecule has 0 fully saturated rings. The average molecular weight is 304 g/mol. The lowest BCUT2D eigenvalue weighted by Gasteiger charge is -2.25. The summed E-state index contributed by atoms with van der Waals surface area (Å²) < 4.78 is 0. The number of rotatable bonds is 5. The topological polar surface area (TPSA) is 45.2 Å². The van der Waals surface area contributed by atoms with E-state index < -0.39 is 0 Å². The predicted octanol–water partition coefficient (Wildman–Crippen LogP) is 2.70. The fourth-order valence-electron chi connectivity index (χ4n) is 1.65. The van der Waals surface area contributed by atoms with Gasteiger partial charge in [0.05, 0.1) is 10.6 Å². The van der Waals surface area contributed by atoms with Gasteiger partial charge in [-0.25, -0.2) is 4.98 Å². The molecule has 0 aliphatic carbocycles. The molecule has 0 bridgehead atoms. The van der Waals surface area contributed by atoms with Gasteiger partial charge in [-0.2, -0.15) is 0 Å². The van der Waals surface area contributed by atoms with Crippen LogP contribution in [0.2, 0.25) is 10.2 Å². The molecule has 1 N–H and O–H groups in total. The van der Waals surface area contributed by atoms with Crippen molar-refractivity contribution < 1.29 is 4.79 Å². The molecule has 0 aliphatic rings. The second-order valence-electron chi connectivity index (χ2n) is 5.07. The molecule has 0 saturated carbocycles. The molecule has 0 aliphatic heterocycles. The van der Waals surface area contributed by atoms with Crippen LogP contribution in [-0.4, -0.2) is 42.5 Å². The smallest absolute Gasteiger partial charge is 0.253 e. The molecule has 6 heteroatoms. The molecule has 1 heterocycles. The van der Waals surface area contributed by atoms with Crippen molar-refractivity contribution in [2.24, 2.45) is 5.92 Å². The summed E-state index contributed by atoms with van der Waals surface area (Å²) in [4.78, 5) is 18.1. The van der Waals surface area contributed by atoms with E-state index in [0.29, 0.717) is 16.5 Å². The molecular weight excluding hydrogens is 285 g/mol. The number of amides is 1. The monoisotopic (exact) mass is 303 g/mol. The number of hydrogen-bond donors (Lipinski definition) is 1. The molecule has 1 aromatic heterocycles. The van der Waals surface area contributed by atoms with Gasteiger partial charge >= 0.3 is 0 Å². The first-order valence-electron chi connectivity index (χ1n) is 6.08. The summed E-state index contributed by atoms with van der Waals surface area (Å²) in [6.45, 7) is 4.89. The van der Waals surface area contributed by atoms with Crippen LogP contribution in [0.1, 0.15) is 24.2 Å². The second kappa shape index (κ2) is 7.08.